The predicted octanol–water partition coefficient (Wildman–Crippen LogP) is 2.37. The Morgan fingerprint density at radius 2 is 1.71 bits per heavy atom. The van der Waals surface area contributed by atoms with Crippen LogP contribution in [0.1, 0.15) is 18.4 Å². The van der Waals surface area contributed by atoms with Gasteiger partial charge in [0.25, 0.3) is 0 Å². The average Bonchev–Trinajstić information content (AvgIpc) is 2.34. The standard InChI is InChI=1S/C12H14F3NO/c13-10-5-8(6-11(14)12(10)15)7-16-9-1-3-17-4-2-9/h5-6,9,16H,1-4,7H2. The Bertz CT molecular complexity index is 368. The second-order valence-electron chi connectivity index (χ2n) is 4.14. The minimum Gasteiger partial charge on any atom is -0.381 e. The van der Waals surface area contributed by atoms with Crippen molar-refractivity contribution in [3.63, 3.8) is 0 Å². The van der Waals surface area contributed by atoms with Gasteiger partial charge in [-0.3, -0.25) is 0 Å². The molecular formula is C12H14F3NO. The Labute approximate surface area is 97.8 Å². The van der Waals surface area contributed by atoms with Crippen LogP contribution in [0.25, 0.3) is 0 Å². The van der Waals surface area contributed by atoms with E-state index < -0.39 is 17.5 Å². The molecule has 2 nitrogen and oxygen atoms in total. The lowest BCUT2D eigenvalue weighted by Gasteiger charge is -2.23. The van der Waals surface area contributed by atoms with Gasteiger partial charge in [-0.15, -0.1) is 0 Å². The topological polar surface area (TPSA) is 21.3 Å². The van der Waals surface area contributed by atoms with Crippen molar-refractivity contribution in [2.75, 3.05) is 13.2 Å². The molecule has 1 aromatic carbocycles. The molecule has 0 unspecified atom stereocenters. The van der Waals surface area contributed by atoms with Gasteiger partial charge in [-0.2, -0.15) is 0 Å². The molecule has 1 aliphatic heterocycles. The monoisotopic (exact) mass is 245 g/mol. The van der Waals surface area contributed by atoms with E-state index in [9.17, 15) is 13.2 Å². The Morgan fingerprint density at radius 3 is 2.29 bits per heavy atom. The number of hydrogen-bond acceptors (Lipinski definition) is 2. The SMILES string of the molecule is Fc1cc(CNC2CCOCC2)cc(F)c1F. The molecular weight excluding hydrogens is 231 g/mol. The van der Waals surface area contributed by atoms with Crippen molar-refractivity contribution in [2.45, 2.75) is 25.4 Å². The summed E-state index contributed by atoms with van der Waals surface area (Å²) in [6.07, 6.45) is 1.76. The lowest BCUT2D eigenvalue weighted by atomic mass is 10.1. The molecule has 1 N–H and O–H groups in total. The van der Waals surface area contributed by atoms with Crippen molar-refractivity contribution in [2.24, 2.45) is 0 Å². The number of nitrogens with one attached hydrogen (secondary N) is 1. The smallest absolute Gasteiger partial charge is 0.194 e. The van der Waals surface area contributed by atoms with Crippen LogP contribution in [0.15, 0.2) is 12.1 Å². The molecule has 1 aromatic rings. The van der Waals surface area contributed by atoms with Gasteiger partial charge in [-0.05, 0) is 30.5 Å². The fourth-order valence-corrected chi connectivity index (χ4v) is 1.87. The van der Waals surface area contributed by atoms with Crippen LogP contribution in [0.3, 0.4) is 0 Å². The lowest BCUT2D eigenvalue weighted by molar-refractivity contribution is 0.0776. The summed E-state index contributed by atoms with van der Waals surface area (Å²) >= 11 is 0. The molecule has 0 spiro atoms. The minimum absolute atomic E-state index is 0.292. The number of rotatable bonds is 3. The molecule has 1 fully saturated rings. The first kappa shape index (κ1) is 12.4. The van der Waals surface area contributed by atoms with Gasteiger partial charge in [-0.25, -0.2) is 13.2 Å². The summed E-state index contributed by atoms with van der Waals surface area (Å²) in [5.41, 5.74) is 0.410. The summed E-state index contributed by atoms with van der Waals surface area (Å²) in [6, 6.07) is 2.33. The van der Waals surface area contributed by atoms with Crippen molar-refractivity contribution >= 4 is 0 Å². The number of ether oxygens (including phenoxy) is 1. The average molecular weight is 245 g/mol. The zero-order valence-electron chi connectivity index (χ0n) is 9.31. The largest absolute Gasteiger partial charge is 0.381 e. The van der Waals surface area contributed by atoms with E-state index in [4.69, 9.17) is 4.74 Å². The summed E-state index contributed by atoms with van der Waals surface area (Å²) in [7, 11) is 0. The predicted molar refractivity (Wildman–Crippen MR) is 57.0 cm³/mol. The molecule has 5 heteroatoms. The molecule has 1 saturated heterocycles. The Hall–Kier alpha value is -1.07. The van der Waals surface area contributed by atoms with E-state index in [1.807, 2.05) is 0 Å². The van der Waals surface area contributed by atoms with Gasteiger partial charge in [0, 0.05) is 25.8 Å². The second-order valence-corrected chi connectivity index (χ2v) is 4.14. The normalized spacial score (nSPS) is 17.4. The summed E-state index contributed by atoms with van der Waals surface area (Å²) in [6.45, 7) is 1.73. The maximum atomic E-state index is 12.9. The fraction of sp³-hybridized carbons (Fsp3) is 0.500. The van der Waals surface area contributed by atoms with Gasteiger partial charge >= 0.3 is 0 Å². The highest BCUT2D eigenvalue weighted by Gasteiger charge is 2.14. The van der Waals surface area contributed by atoms with Gasteiger partial charge in [0.1, 0.15) is 0 Å². The van der Waals surface area contributed by atoms with Gasteiger partial charge in [0.05, 0.1) is 0 Å². The maximum absolute atomic E-state index is 12.9. The first-order chi connectivity index (χ1) is 8.16. The molecule has 0 aliphatic carbocycles. The molecule has 2 rings (SSSR count). The van der Waals surface area contributed by atoms with E-state index in [1.54, 1.807) is 0 Å². The van der Waals surface area contributed by atoms with Crippen LogP contribution < -0.4 is 5.32 Å². The summed E-state index contributed by atoms with van der Waals surface area (Å²) in [4.78, 5) is 0. The van der Waals surface area contributed by atoms with E-state index in [0.29, 0.717) is 31.4 Å². The van der Waals surface area contributed by atoms with Crippen LogP contribution in [-0.4, -0.2) is 19.3 Å². The summed E-state index contributed by atoms with van der Waals surface area (Å²) in [5, 5.41) is 3.18. The molecule has 0 aromatic heterocycles. The van der Waals surface area contributed by atoms with E-state index in [2.05, 4.69) is 5.32 Å². The van der Waals surface area contributed by atoms with Crippen molar-refractivity contribution in [3.05, 3.63) is 35.1 Å². The summed E-state index contributed by atoms with van der Waals surface area (Å²) in [5.74, 6) is -3.71. The lowest BCUT2D eigenvalue weighted by Crippen LogP contribution is -2.34. The van der Waals surface area contributed by atoms with Crippen LogP contribution in [0.4, 0.5) is 13.2 Å². The van der Waals surface area contributed by atoms with E-state index in [-0.39, 0.29) is 0 Å². The molecule has 0 saturated carbocycles. The third kappa shape index (κ3) is 3.20. The van der Waals surface area contributed by atoms with E-state index in [1.165, 1.54) is 0 Å². The van der Waals surface area contributed by atoms with E-state index in [0.717, 1.165) is 25.0 Å². The zero-order chi connectivity index (χ0) is 12.3. The first-order valence-corrected chi connectivity index (χ1v) is 5.61. The fourth-order valence-electron chi connectivity index (χ4n) is 1.87. The number of halogens is 3. The van der Waals surface area contributed by atoms with Crippen LogP contribution >= 0.6 is 0 Å². The van der Waals surface area contributed by atoms with Crippen molar-refractivity contribution in [1.29, 1.82) is 0 Å². The van der Waals surface area contributed by atoms with Gasteiger partial charge < -0.3 is 10.1 Å². The highest BCUT2D eigenvalue weighted by molar-refractivity contribution is 5.19. The summed E-state index contributed by atoms with van der Waals surface area (Å²) < 4.78 is 43.8. The van der Waals surface area contributed by atoms with Crippen LogP contribution in [0, 0.1) is 17.5 Å². The number of hydrogen-bond donors (Lipinski definition) is 1. The van der Waals surface area contributed by atoms with E-state index >= 15 is 0 Å². The minimum atomic E-state index is -1.42. The zero-order valence-corrected chi connectivity index (χ0v) is 9.31. The second kappa shape index (κ2) is 5.51. The van der Waals surface area contributed by atoms with Gasteiger partial charge in [-0.1, -0.05) is 0 Å². The first-order valence-electron chi connectivity index (χ1n) is 5.61. The Balaban J connectivity index is 1.94. The Morgan fingerprint density at radius 1 is 1.12 bits per heavy atom. The highest BCUT2D eigenvalue weighted by Crippen LogP contribution is 2.14. The maximum Gasteiger partial charge on any atom is 0.194 e. The van der Waals surface area contributed by atoms with Crippen LogP contribution in [0.5, 0.6) is 0 Å². The molecule has 0 radical (unpaired) electrons. The van der Waals surface area contributed by atoms with Gasteiger partial charge in [0.15, 0.2) is 17.5 Å². The van der Waals surface area contributed by atoms with Crippen LogP contribution in [-0.2, 0) is 11.3 Å². The third-order valence-corrected chi connectivity index (χ3v) is 2.86. The third-order valence-electron chi connectivity index (χ3n) is 2.86. The Kier molecular flexibility index (Phi) is 4.02. The molecule has 1 heterocycles. The van der Waals surface area contributed by atoms with Crippen molar-refractivity contribution < 1.29 is 17.9 Å². The number of benzene rings is 1. The molecule has 1 aliphatic rings. The van der Waals surface area contributed by atoms with Crippen LogP contribution in [0.2, 0.25) is 0 Å². The molecule has 0 atom stereocenters. The van der Waals surface area contributed by atoms with Gasteiger partial charge in [0.2, 0.25) is 0 Å². The van der Waals surface area contributed by atoms with Crippen molar-refractivity contribution in [3.8, 4) is 0 Å². The molecule has 0 bridgehead atoms. The van der Waals surface area contributed by atoms with Crippen molar-refractivity contribution in [1.82, 2.24) is 5.32 Å². The highest BCUT2D eigenvalue weighted by atomic mass is 19.2. The molecule has 17 heavy (non-hydrogen) atoms. The quantitative estimate of drug-likeness (QED) is 0.825. The molecule has 94 valence electrons. The molecule has 0 amide bonds.